The first-order valence-electron chi connectivity index (χ1n) is 7.80. The molecule has 0 saturated carbocycles. The van der Waals surface area contributed by atoms with Crippen LogP contribution in [0.2, 0.25) is 0 Å². The van der Waals surface area contributed by atoms with Gasteiger partial charge in [-0.25, -0.2) is 4.99 Å². The molecular weight excluding hydrogens is 366 g/mol. The quantitative estimate of drug-likeness (QED) is 0.701. The van der Waals surface area contributed by atoms with E-state index >= 15 is 0 Å². The summed E-state index contributed by atoms with van der Waals surface area (Å²) in [4.78, 5) is 10.8. The number of ether oxygens (including phenoxy) is 1. The molecule has 2 aliphatic rings. The molecule has 0 aromatic carbocycles. The molecule has 0 amide bonds. The number of alkyl halides is 6. The van der Waals surface area contributed by atoms with Crippen LogP contribution in [-0.4, -0.2) is 52.9 Å². The number of hydrogen-bond acceptors (Lipinski definition) is 5. The maximum Gasteiger partial charge on any atom is 0.443 e. The minimum absolute atomic E-state index is 0.0534. The molecule has 1 saturated heterocycles. The molecule has 1 fully saturated rings. The number of rotatable bonds is 1. The van der Waals surface area contributed by atoms with Crippen LogP contribution in [0.15, 0.2) is 34.5 Å². The summed E-state index contributed by atoms with van der Waals surface area (Å²) in [7, 11) is 0. The highest BCUT2D eigenvalue weighted by molar-refractivity contribution is 6.02. The fraction of sp³-hybridized carbons (Fsp3) is 0.533. The first kappa shape index (κ1) is 18.5. The van der Waals surface area contributed by atoms with Crippen LogP contribution in [0.3, 0.4) is 0 Å². The largest absolute Gasteiger partial charge is 0.443 e. The number of halogens is 6. The zero-order chi connectivity index (χ0) is 19.0. The van der Waals surface area contributed by atoms with Crippen molar-refractivity contribution in [3.05, 3.63) is 30.1 Å². The van der Waals surface area contributed by atoms with Crippen molar-refractivity contribution in [2.24, 2.45) is 9.98 Å². The van der Waals surface area contributed by atoms with E-state index in [2.05, 4.69) is 15.0 Å². The highest BCUT2D eigenvalue weighted by Crippen LogP contribution is 2.48. The molecule has 2 aliphatic heterocycles. The van der Waals surface area contributed by atoms with Gasteiger partial charge in [-0.2, -0.15) is 31.3 Å². The Morgan fingerprint density at radius 2 is 1.46 bits per heavy atom. The van der Waals surface area contributed by atoms with E-state index < -0.39 is 29.9 Å². The van der Waals surface area contributed by atoms with Crippen LogP contribution in [0.4, 0.5) is 26.3 Å². The van der Waals surface area contributed by atoms with Crippen molar-refractivity contribution >= 4 is 11.9 Å². The Morgan fingerprint density at radius 1 is 0.885 bits per heavy atom. The smallest absolute Gasteiger partial charge is 0.406 e. The topological polar surface area (TPSA) is 50.1 Å². The fourth-order valence-corrected chi connectivity index (χ4v) is 2.70. The Morgan fingerprint density at radius 3 is 2.00 bits per heavy atom. The number of piperidine rings is 1. The van der Waals surface area contributed by atoms with E-state index in [0.717, 1.165) is 6.42 Å². The van der Waals surface area contributed by atoms with E-state index in [-0.39, 0.29) is 18.7 Å². The van der Waals surface area contributed by atoms with Gasteiger partial charge in [0.2, 0.25) is 5.90 Å². The van der Waals surface area contributed by atoms with E-state index in [0.29, 0.717) is 12.8 Å². The molecule has 0 unspecified atom stereocenters. The normalized spacial score (nSPS) is 20.9. The first-order valence-corrected chi connectivity index (χ1v) is 7.80. The SMILES string of the molecule is FC(F)(F)C1(C(F)(F)F)N=C(c2ccncc2)OC(N2CCCCC2)=N1. The van der Waals surface area contributed by atoms with Crippen LogP contribution in [0.1, 0.15) is 24.8 Å². The average molecular weight is 380 g/mol. The van der Waals surface area contributed by atoms with Crippen molar-refractivity contribution < 1.29 is 31.1 Å². The Bertz CT molecular complexity index is 693. The molecule has 1 aromatic heterocycles. The minimum Gasteiger partial charge on any atom is -0.406 e. The highest BCUT2D eigenvalue weighted by atomic mass is 19.4. The van der Waals surface area contributed by atoms with E-state index in [9.17, 15) is 26.3 Å². The molecule has 26 heavy (non-hydrogen) atoms. The third-order valence-corrected chi connectivity index (χ3v) is 4.05. The van der Waals surface area contributed by atoms with Gasteiger partial charge in [0.05, 0.1) is 0 Å². The standard InChI is InChI=1S/C15H14F6N4O/c16-14(17,18)13(15(19,20)21)23-11(10-4-6-22-7-5-10)26-12(24-13)25-8-2-1-3-9-25/h4-7H,1-3,8-9H2. The molecule has 5 nitrogen and oxygen atoms in total. The summed E-state index contributed by atoms with van der Waals surface area (Å²) in [6.07, 6.45) is -7.06. The molecular formula is C15H14F6N4O. The summed E-state index contributed by atoms with van der Waals surface area (Å²) in [5, 5.41) is 0. The summed E-state index contributed by atoms with van der Waals surface area (Å²) in [5.74, 6) is -0.794. The third kappa shape index (κ3) is 3.21. The molecule has 11 heteroatoms. The Hall–Kier alpha value is -2.33. The van der Waals surface area contributed by atoms with Gasteiger partial charge in [-0.15, -0.1) is 0 Å². The van der Waals surface area contributed by atoms with Gasteiger partial charge in [0.25, 0.3) is 6.02 Å². The van der Waals surface area contributed by atoms with Crippen LogP contribution < -0.4 is 0 Å². The molecule has 0 aliphatic carbocycles. The van der Waals surface area contributed by atoms with E-state index in [4.69, 9.17) is 4.74 Å². The minimum atomic E-state index is -5.78. The molecule has 0 spiro atoms. The second-order valence-electron chi connectivity index (χ2n) is 5.86. The second-order valence-corrected chi connectivity index (χ2v) is 5.86. The van der Waals surface area contributed by atoms with E-state index in [1.807, 2.05) is 0 Å². The van der Waals surface area contributed by atoms with E-state index in [1.54, 1.807) is 0 Å². The molecule has 0 radical (unpaired) electrons. The lowest BCUT2D eigenvalue weighted by Crippen LogP contribution is -2.58. The number of likely N-dealkylation sites (tertiary alicyclic amines) is 1. The summed E-state index contributed by atoms with van der Waals surface area (Å²) >= 11 is 0. The van der Waals surface area contributed by atoms with Gasteiger partial charge in [0, 0.05) is 31.0 Å². The highest BCUT2D eigenvalue weighted by Gasteiger charge is 2.74. The number of aliphatic imine (C=N–C) groups is 2. The molecule has 1 aromatic rings. The van der Waals surface area contributed by atoms with Crippen molar-refractivity contribution in [2.45, 2.75) is 37.3 Å². The lowest BCUT2D eigenvalue weighted by molar-refractivity contribution is -0.293. The fourth-order valence-electron chi connectivity index (χ4n) is 2.70. The summed E-state index contributed by atoms with van der Waals surface area (Å²) < 4.78 is 86.3. The third-order valence-electron chi connectivity index (χ3n) is 4.05. The van der Waals surface area contributed by atoms with Gasteiger partial charge in [0.1, 0.15) is 0 Å². The summed E-state index contributed by atoms with van der Waals surface area (Å²) in [5.41, 5.74) is -4.66. The van der Waals surface area contributed by atoms with E-state index in [1.165, 1.54) is 29.4 Å². The average Bonchev–Trinajstić information content (AvgIpc) is 2.61. The number of pyridine rings is 1. The Kier molecular flexibility index (Phi) is 4.57. The lowest BCUT2D eigenvalue weighted by atomic mass is 10.1. The molecule has 0 N–H and O–H groups in total. The monoisotopic (exact) mass is 380 g/mol. The zero-order valence-electron chi connectivity index (χ0n) is 13.3. The molecule has 0 atom stereocenters. The van der Waals surface area contributed by atoms with Crippen LogP contribution in [-0.2, 0) is 4.74 Å². The van der Waals surface area contributed by atoms with Gasteiger partial charge in [0.15, 0.2) is 0 Å². The van der Waals surface area contributed by atoms with Crippen LogP contribution >= 0.6 is 0 Å². The predicted molar refractivity (Wildman–Crippen MR) is 79.6 cm³/mol. The maximum absolute atomic E-state index is 13.5. The first-order chi connectivity index (χ1) is 12.1. The Balaban J connectivity index is 2.14. The molecule has 3 heterocycles. The van der Waals surface area contributed by atoms with Crippen molar-refractivity contribution in [3.8, 4) is 0 Å². The lowest BCUT2D eigenvalue weighted by Gasteiger charge is -2.37. The van der Waals surface area contributed by atoms with Crippen molar-refractivity contribution in [3.63, 3.8) is 0 Å². The van der Waals surface area contributed by atoms with Gasteiger partial charge in [-0.3, -0.25) is 4.98 Å². The van der Waals surface area contributed by atoms with Crippen molar-refractivity contribution in [2.75, 3.05) is 13.1 Å². The van der Waals surface area contributed by atoms with Crippen LogP contribution in [0.5, 0.6) is 0 Å². The Labute approximate surface area is 144 Å². The molecule has 142 valence electrons. The number of nitrogens with zero attached hydrogens (tertiary/aromatic N) is 4. The predicted octanol–water partition coefficient (Wildman–Crippen LogP) is 3.52. The molecule has 0 bridgehead atoms. The number of aromatic nitrogens is 1. The molecule has 3 rings (SSSR count). The summed E-state index contributed by atoms with van der Waals surface area (Å²) in [6.45, 7) is 0.516. The van der Waals surface area contributed by atoms with Gasteiger partial charge in [-0.1, -0.05) is 0 Å². The number of amidine groups is 1. The van der Waals surface area contributed by atoms with Gasteiger partial charge in [-0.05, 0) is 31.4 Å². The van der Waals surface area contributed by atoms with Crippen LogP contribution in [0, 0.1) is 0 Å². The van der Waals surface area contributed by atoms with Crippen LogP contribution in [0.25, 0.3) is 0 Å². The zero-order valence-corrected chi connectivity index (χ0v) is 13.3. The van der Waals surface area contributed by atoms with Gasteiger partial charge < -0.3 is 9.64 Å². The number of hydrogen-bond donors (Lipinski definition) is 0. The van der Waals surface area contributed by atoms with Crippen molar-refractivity contribution in [1.82, 2.24) is 9.88 Å². The van der Waals surface area contributed by atoms with Gasteiger partial charge >= 0.3 is 18.0 Å². The summed E-state index contributed by atoms with van der Waals surface area (Å²) in [6, 6.07) is 1.71. The maximum atomic E-state index is 13.5. The second kappa shape index (κ2) is 6.44. The van der Waals surface area contributed by atoms with Crippen molar-refractivity contribution in [1.29, 1.82) is 0 Å².